The molecule has 0 atom stereocenters. The van der Waals surface area contributed by atoms with Crippen molar-refractivity contribution in [2.24, 2.45) is 0 Å². The number of benzene rings is 1. The largest absolute Gasteiger partial charge is 0.496 e. The first-order valence-corrected chi connectivity index (χ1v) is 5.91. The van der Waals surface area contributed by atoms with Gasteiger partial charge in [0.1, 0.15) is 17.7 Å². The van der Waals surface area contributed by atoms with E-state index in [9.17, 15) is 9.90 Å². The van der Waals surface area contributed by atoms with Crippen molar-refractivity contribution in [3.63, 3.8) is 0 Å². The lowest BCUT2D eigenvalue weighted by atomic mass is 10.1. The van der Waals surface area contributed by atoms with Gasteiger partial charge in [-0.05, 0) is 12.1 Å². The lowest BCUT2D eigenvalue weighted by Crippen LogP contribution is -1.97. The van der Waals surface area contributed by atoms with E-state index in [1.807, 2.05) is 18.2 Å². The highest BCUT2D eigenvalue weighted by atomic mass is 16.5. The van der Waals surface area contributed by atoms with Crippen LogP contribution in [0.2, 0.25) is 0 Å². The first kappa shape index (κ1) is 12.2. The number of para-hydroxylation sites is 1. The van der Waals surface area contributed by atoms with Crippen molar-refractivity contribution >= 4 is 17.0 Å². The van der Waals surface area contributed by atoms with E-state index in [2.05, 4.69) is 15.0 Å². The average molecular weight is 269 g/mol. The zero-order valence-electron chi connectivity index (χ0n) is 10.6. The van der Waals surface area contributed by atoms with Crippen molar-refractivity contribution in [1.29, 1.82) is 0 Å². The van der Waals surface area contributed by atoms with E-state index in [0.717, 1.165) is 5.56 Å². The summed E-state index contributed by atoms with van der Waals surface area (Å²) in [5.74, 6) is -0.396. The number of aromatic nitrogens is 3. The van der Waals surface area contributed by atoms with Gasteiger partial charge in [0, 0.05) is 11.8 Å². The number of ether oxygens (including phenoxy) is 1. The van der Waals surface area contributed by atoms with Crippen LogP contribution in [0.15, 0.2) is 36.8 Å². The van der Waals surface area contributed by atoms with Crippen LogP contribution in [0.25, 0.3) is 22.3 Å². The van der Waals surface area contributed by atoms with Crippen LogP contribution in [0.1, 0.15) is 10.4 Å². The molecule has 0 aliphatic rings. The fraction of sp³-hybridized carbons (Fsp3) is 0.0714. The lowest BCUT2D eigenvalue weighted by Gasteiger charge is -2.08. The predicted octanol–water partition coefficient (Wildman–Crippen LogP) is 2.33. The monoisotopic (exact) mass is 269 g/mol. The minimum atomic E-state index is -1.03. The second-order valence-corrected chi connectivity index (χ2v) is 4.15. The Kier molecular flexibility index (Phi) is 2.83. The van der Waals surface area contributed by atoms with E-state index in [-0.39, 0.29) is 5.56 Å². The van der Waals surface area contributed by atoms with Gasteiger partial charge in [0.25, 0.3) is 0 Å². The van der Waals surface area contributed by atoms with Gasteiger partial charge in [-0.3, -0.25) is 0 Å². The molecule has 0 saturated carbocycles. The zero-order valence-corrected chi connectivity index (χ0v) is 10.6. The summed E-state index contributed by atoms with van der Waals surface area (Å²) in [6.07, 6.45) is 2.81. The highest BCUT2D eigenvalue weighted by Crippen LogP contribution is 2.33. The second kappa shape index (κ2) is 4.65. The summed E-state index contributed by atoms with van der Waals surface area (Å²) in [7, 11) is 1.56. The third-order valence-corrected chi connectivity index (χ3v) is 3.06. The molecule has 3 aromatic rings. The van der Waals surface area contributed by atoms with Crippen LogP contribution in [0, 0.1) is 0 Å². The molecule has 6 heteroatoms. The first-order chi connectivity index (χ1) is 9.72. The van der Waals surface area contributed by atoms with Gasteiger partial charge in [0.05, 0.1) is 23.8 Å². The molecule has 20 heavy (non-hydrogen) atoms. The quantitative estimate of drug-likeness (QED) is 0.761. The molecule has 0 bridgehead atoms. The molecule has 0 amide bonds. The Morgan fingerprint density at radius 3 is 2.85 bits per heavy atom. The van der Waals surface area contributed by atoms with Crippen molar-refractivity contribution in [3.8, 4) is 17.0 Å². The summed E-state index contributed by atoms with van der Waals surface area (Å²) in [5.41, 5.74) is 1.88. The molecule has 0 fully saturated rings. The average Bonchev–Trinajstić information content (AvgIpc) is 2.91. The van der Waals surface area contributed by atoms with Crippen LogP contribution in [-0.2, 0) is 0 Å². The Labute approximate surface area is 114 Å². The molecule has 0 aliphatic carbocycles. The summed E-state index contributed by atoms with van der Waals surface area (Å²) < 4.78 is 5.31. The van der Waals surface area contributed by atoms with Gasteiger partial charge < -0.3 is 14.8 Å². The van der Waals surface area contributed by atoms with E-state index < -0.39 is 5.97 Å². The number of fused-ring (bicyclic) bond motifs is 1. The number of nitrogens with one attached hydrogen (secondary N) is 1. The van der Waals surface area contributed by atoms with Crippen LogP contribution in [0.3, 0.4) is 0 Å². The molecule has 2 heterocycles. The van der Waals surface area contributed by atoms with Gasteiger partial charge in [-0.1, -0.05) is 12.1 Å². The maximum absolute atomic E-state index is 11.3. The fourth-order valence-electron chi connectivity index (χ4n) is 2.18. The van der Waals surface area contributed by atoms with E-state index in [4.69, 9.17) is 4.74 Å². The second-order valence-electron chi connectivity index (χ2n) is 4.15. The summed E-state index contributed by atoms with van der Waals surface area (Å²) in [6.45, 7) is 0. The molecule has 2 N–H and O–H groups in total. The van der Waals surface area contributed by atoms with Crippen molar-refractivity contribution in [3.05, 3.63) is 42.4 Å². The maximum Gasteiger partial charge on any atom is 0.338 e. The van der Waals surface area contributed by atoms with E-state index in [1.165, 1.54) is 12.5 Å². The van der Waals surface area contributed by atoms with Crippen molar-refractivity contribution < 1.29 is 14.6 Å². The summed E-state index contributed by atoms with van der Waals surface area (Å²) in [6, 6.07) is 7.32. The van der Waals surface area contributed by atoms with Gasteiger partial charge in [-0.25, -0.2) is 14.8 Å². The van der Waals surface area contributed by atoms with E-state index in [0.29, 0.717) is 22.5 Å². The number of hydrogen-bond donors (Lipinski definition) is 2. The summed E-state index contributed by atoms with van der Waals surface area (Å²) in [5, 5.41) is 9.74. The number of carbonyl (C=O) groups is 1. The summed E-state index contributed by atoms with van der Waals surface area (Å²) in [4.78, 5) is 22.4. The minimum absolute atomic E-state index is 0.140. The maximum atomic E-state index is 11.3. The SMILES string of the molecule is COc1ccccc1-c1ncnc2[nH]cc(C(=O)O)c12. The van der Waals surface area contributed by atoms with Gasteiger partial charge in [-0.15, -0.1) is 0 Å². The van der Waals surface area contributed by atoms with Crippen molar-refractivity contribution in [1.82, 2.24) is 15.0 Å². The molecule has 0 unspecified atom stereocenters. The zero-order chi connectivity index (χ0) is 14.1. The molecule has 100 valence electrons. The highest BCUT2D eigenvalue weighted by Gasteiger charge is 2.18. The number of methoxy groups -OCH3 is 1. The third-order valence-electron chi connectivity index (χ3n) is 3.06. The van der Waals surface area contributed by atoms with Gasteiger partial charge in [0.15, 0.2) is 0 Å². The molecule has 0 radical (unpaired) electrons. The molecule has 0 spiro atoms. The fourth-order valence-corrected chi connectivity index (χ4v) is 2.18. The summed E-state index contributed by atoms with van der Waals surface area (Å²) >= 11 is 0. The van der Waals surface area contributed by atoms with Crippen molar-refractivity contribution in [2.45, 2.75) is 0 Å². The third kappa shape index (κ3) is 1.78. The number of aromatic amines is 1. The Morgan fingerprint density at radius 2 is 2.10 bits per heavy atom. The molecule has 0 saturated heterocycles. The smallest absolute Gasteiger partial charge is 0.338 e. The topological polar surface area (TPSA) is 88.1 Å². The molecule has 6 nitrogen and oxygen atoms in total. The Bertz CT molecular complexity index is 795. The lowest BCUT2D eigenvalue weighted by molar-refractivity contribution is 0.0699. The Morgan fingerprint density at radius 1 is 1.30 bits per heavy atom. The van der Waals surface area contributed by atoms with Crippen LogP contribution >= 0.6 is 0 Å². The molecule has 2 aromatic heterocycles. The number of rotatable bonds is 3. The molecular formula is C14H11N3O3. The first-order valence-electron chi connectivity index (χ1n) is 5.91. The van der Waals surface area contributed by atoms with Gasteiger partial charge in [0.2, 0.25) is 0 Å². The molecule has 3 rings (SSSR count). The number of H-pyrrole nitrogens is 1. The van der Waals surface area contributed by atoms with Crippen LogP contribution in [0.4, 0.5) is 0 Å². The number of aromatic carboxylic acids is 1. The van der Waals surface area contributed by atoms with Crippen LogP contribution < -0.4 is 4.74 Å². The minimum Gasteiger partial charge on any atom is -0.496 e. The highest BCUT2D eigenvalue weighted by molar-refractivity contribution is 6.07. The standard InChI is InChI=1S/C14H11N3O3/c1-20-10-5-3-2-4-8(10)12-11-9(14(18)19)6-15-13(11)17-7-16-12/h2-7H,1H3,(H,18,19)(H,15,16,17). The normalized spacial score (nSPS) is 10.7. The number of carboxylic acid groups (broad SMARTS) is 1. The van der Waals surface area contributed by atoms with E-state index >= 15 is 0 Å². The van der Waals surface area contributed by atoms with Gasteiger partial charge in [-0.2, -0.15) is 0 Å². The van der Waals surface area contributed by atoms with Crippen molar-refractivity contribution in [2.75, 3.05) is 7.11 Å². The number of hydrogen-bond acceptors (Lipinski definition) is 4. The van der Waals surface area contributed by atoms with Crippen LogP contribution in [0.5, 0.6) is 5.75 Å². The van der Waals surface area contributed by atoms with E-state index in [1.54, 1.807) is 13.2 Å². The number of nitrogens with zero attached hydrogens (tertiary/aromatic N) is 2. The van der Waals surface area contributed by atoms with Gasteiger partial charge >= 0.3 is 5.97 Å². The Balaban J connectivity index is 2.36. The number of carboxylic acids is 1. The molecular weight excluding hydrogens is 258 g/mol. The Hall–Kier alpha value is -2.89. The van der Waals surface area contributed by atoms with Crippen LogP contribution in [-0.4, -0.2) is 33.1 Å². The molecule has 0 aliphatic heterocycles. The predicted molar refractivity (Wildman–Crippen MR) is 72.8 cm³/mol. The molecule has 1 aromatic carbocycles.